The molecule has 0 unspecified atom stereocenters. The van der Waals surface area contributed by atoms with Crippen molar-refractivity contribution < 1.29 is 9.90 Å². The van der Waals surface area contributed by atoms with Crippen molar-refractivity contribution in [1.82, 2.24) is 9.55 Å². The maximum Gasteiger partial charge on any atom is 0.252 e. The van der Waals surface area contributed by atoms with Crippen molar-refractivity contribution in [2.45, 2.75) is 0 Å². The normalized spacial score (nSPS) is 10.7. The standard InChI is InChI=1S/C15H13N3O2/c19-10-14(20)17-15-16-12-8-4-5-9-13(12)18(15)11-6-2-1-3-7-11/h1-9,19H,10H2,(H,16,17,20). The van der Waals surface area contributed by atoms with Crippen molar-refractivity contribution in [1.29, 1.82) is 0 Å². The molecule has 3 rings (SSSR count). The Bertz CT molecular complexity index is 750. The fourth-order valence-corrected chi connectivity index (χ4v) is 2.11. The molecule has 1 amide bonds. The molecule has 0 fully saturated rings. The molecule has 100 valence electrons. The first kappa shape index (κ1) is 12.4. The molecule has 5 heteroatoms. The molecule has 1 heterocycles. The SMILES string of the molecule is O=C(CO)Nc1nc2ccccc2n1-c1ccccc1. The smallest absolute Gasteiger partial charge is 0.252 e. The van der Waals surface area contributed by atoms with Gasteiger partial charge in [-0.2, -0.15) is 0 Å². The van der Waals surface area contributed by atoms with Crippen LogP contribution in [-0.4, -0.2) is 27.2 Å². The van der Waals surface area contributed by atoms with Crippen LogP contribution in [0.25, 0.3) is 16.7 Å². The van der Waals surface area contributed by atoms with Crippen LogP contribution in [-0.2, 0) is 4.79 Å². The molecule has 5 nitrogen and oxygen atoms in total. The molecule has 2 aromatic carbocycles. The van der Waals surface area contributed by atoms with E-state index in [9.17, 15) is 4.79 Å². The molecule has 3 aromatic rings. The number of imidazole rings is 1. The van der Waals surface area contributed by atoms with E-state index in [1.807, 2.05) is 59.2 Å². The molecule has 2 N–H and O–H groups in total. The lowest BCUT2D eigenvalue weighted by Crippen LogP contribution is -2.18. The Morgan fingerprint density at radius 2 is 1.80 bits per heavy atom. The summed E-state index contributed by atoms with van der Waals surface area (Å²) in [6.07, 6.45) is 0. The Morgan fingerprint density at radius 1 is 1.10 bits per heavy atom. The summed E-state index contributed by atoms with van der Waals surface area (Å²) in [5.41, 5.74) is 2.57. The number of hydrogen-bond donors (Lipinski definition) is 2. The summed E-state index contributed by atoms with van der Waals surface area (Å²) >= 11 is 0. The molecule has 20 heavy (non-hydrogen) atoms. The number of carbonyl (C=O) groups excluding carboxylic acids is 1. The highest BCUT2D eigenvalue weighted by Gasteiger charge is 2.13. The van der Waals surface area contributed by atoms with Crippen LogP contribution in [0.4, 0.5) is 5.95 Å². The maximum absolute atomic E-state index is 11.4. The van der Waals surface area contributed by atoms with Gasteiger partial charge in [-0.25, -0.2) is 4.98 Å². The summed E-state index contributed by atoms with van der Waals surface area (Å²) in [6.45, 7) is -0.571. The minimum absolute atomic E-state index is 0.399. The van der Waals surface area contributed by atoms with Gasteiger partial charge in [-0.05, 0) is 24.3 Å². The van der Waals surface area contributed by atoms with Crippen molar-refractivity contribution >= 4 is 22.9 Å². The second-order valence-electron chi connectivity index (χ2n) is 4.30. The first-order chi connectivity index (χ1) is 9.79. The van der Waals surface area contributed by atoms with E-state index < -0.39 is 12.5 Å². The van der Waals surface area contributed by atoms with E-state index in [1.165, 1.54) is 0 Å². The Labute approximate surface area is 115 Å². The van der Waals surface area contributed by atoms with Gasteiger partial charge in [-0.3, -0.25) is 14.7 Å². The van der Waals surface area contributed by atoms with Crippen LogP contribution in [0.5, 0.6) is 0 Å². The van der Waals surface area contributed by atoms with Crippen LogP contribution in [0.3, 0.4) is 0 Å². The predicted molar refractivity (Wildman–Crippen MR) is 76.8 cm³/mol. The average Bonchev–Trinajstić information content (AvgIpc) is 2.85. The fraction of sp³-hybridized carbons (Fsp3) is 0.0667. The molecular weight excluding hydrogens is 254 g/mol. The van der Waals surface area contributed by atoms with Gasteiger partial charge < -0.3 is 5.11 Å². The van der Waals surface area contributed by atoms with Gasteiger partial charge in [-0.1, -0.05) is 30.3 Å². The number of amides is 1. The zero-order valence-electron chi connectivity index (χ0n) is 10.7. The van der Waals surface area contributed by atoms with Crippen molar-refractivity contribution in [3.63, 3.8) is 0 Å². The van der Waals surface area contributed by atoms with Crippen molar-refractivity contribution in [3.8, 4) is 5.69 Å². The minimum Gasteiger partial charge on any atom is -0.387 e. The number of benzene rings is 2. The largest absolute Gasteiger partial charge is 0.387 e. The number of anilines is 1. The fourth-order valence-electron chi connectivity index (χ4n) is 2.11. The number of aliphatic hydroxyl groups excluding tert-OH is 1. The first-order valence-electron chi connectivity index (χ1n) is 6.23. The molecule has 0 aliphatic rings. The number of nitrogens with one attached hydrogen (secondary N) is 1. The van der Waals surface area contributed by atoms with Gasteiger partial charge in [0.1, 0.15) is 6.61 Å². The number of nitrogens with zero attached hydrogens (tertiary/aromatic N) is 2. The summed E-state index contributed by atoms with van der Waals surface area (Å²) in [5, 5.41) is 11.5. The van der Waals surface area contributed by atoms with Gasteiger partial charge in [0, 0.05) is 5.69 Å². The van der Waals surface area contributed by atoms with E-state index in [1.54, 1.807) is 0 Å². The predicted octanol–water partition coefficient (Wildman–Crippen LogP) is 1.96. The Balaban J connectivity index is 2.21. The minimum atomic E-state index is -0.571. The van der Waals surface area contributed by atoms with E-state index >= 15 is 0 Å². The van der Waals surface area contributed by atoms with E-state index in [0.29, 0.717) is 5.95 Å². The zero-order chi connectivity index (χ0) is 13.9. The van der Waals surface area contributed by atoms with E-state index in [4.69, 9.17) is 5.11 Å². The van der Waals surface area contributed by atoms with Crippen molar-refractivity contribution in [3.05, 3.63) is 54.6 Å². The maximum atomic E-state index is 11.4. The Kier molecular flexibility index (Phi) is 3.18. The molecule has 0 aliphatic heterocycles. The number of aromatic nitrogens is 2. The number of rotatable bonds is 3. The summed E-state index contributed by atoms with van der Waals surface area (Å²) in [6, 6.07) is 17.3. The Hall–Kier alpha value is -2.66. The highest BCUT2D eigenvalue weighted by atomic mass is 16.3. The van der Waals surface area contributed by atoms with Crippen LogP contribution in [0, 0.1) is 0 Å². The molecular formula is C15H13N3O2. The van der Waals surface area contributed by atoms with Crippen molar-refractivity contribution in [2.75, 3.05) is 11.9 Å². The van der Waals surface area contributed by atoms with Crippen LogP contribution in [0.1, 0.15) is 0 Å². The third-order valence-corrected chi connectivity index (χ3v) is 2.97. The van der Waals surface area contributed by atoms with Gasteiger partial charge in [0.2, 0.25) is 5.95 Å². The zero-order valence-corrected chi connectivity index (χ0v) is 10.7. The third kappa shape index (κ3) is 2.15. The van der Waals surface area contributed by atoms with Gasteiger partial charge >= 0.3 is 0 Å². The Morgan fingerprint density at radius 3 is 2.55 bits per heavy atom. The highest BCUT2D eigenvalue weighted by Crippen LogP contribution is 2.24. The van der Waals surface area contributed by atoms with Crippen LogP contribution in [0.15, 0.2) is 54.6 Å². The van der Waals surface area contributed by atoms with Gasteiger partial charge in [-0.15, -0.1) is 0 Å². The van der Waals surface area contributed by atoms with Crippen LogP contribution >= 0.6 is 0 Å². The monoisotopic (exact) mass is 267 g/mol. The number of fused-ring (bicyclic) bond motifs is 1. The molecule has 0 saturated heterocycles. The number of aliphatic hydroxyl groups is 1. The van der Waals surface area contributed by atoms with Gasteiger partial charge in [0.25, 0.3) is 5.91 Å². The quantitative estimate of drug-likeness (QED) is 0.762. The third-order valence-electron chi connectivity index (χ3n) is 2.97. The molecule has 0 aliphatic carbocycles. The lowest BCUT2D eigenvalue weighted by atomic mass is 10.3. The topological polar surface area (TPSA) is 67.2 Å². The summed E-state index contributed by atoms with van der Waals surface area (Å²) in [7, 11) is 0. The number of carbonyl (C=O) groups is 1. The summed E-state index contributed by atoms with van der Waals surface area (Å²) < 4.78 is 1.85. The van der Waals surface area contributed by atoms with E-state index in [0.717, 1.165) is 16.7 Å². The molecule has 1 aromatic heterocycles. The second-order valence-corrected chi connectivity index (χ2v) is 4.30. The lowest BCUT2D eigenvalue weighted by Gasteiger charge is -2.09. The number of hydrogen-bond acceptors (Lipinski definition) is 3. The molecule has 0 spiro atoms. The first-order valence-corrected chi connectivity index (χ1v) is 6.23. The summed E-state index contributed by atoms with van der Waals surface area (Å²) in [4.78, 5) is 15.8. The van der Waals surface area contributed by atoms with Crippen molar-refractivity contribution in [2.24, 2.45) is 0 Å². The van der Waals surface area contributed by atoms with Crippen LogP contribution < -0.4 is 5.32 Å². The summed E-state index contributed by atoms with van der Waals surface area (Å²) in [5.74, 6) is -0.0889. The average molecular weight is 267 g/mol. The highest BCUT2D eigenvalue weighted by molar-refractivity contribution is 5.93. The van der Waals surface area contributed by atoms with Crippen LogP contribution in [0.2, 0.25) is 0 Å². The molecule has 0 saturated carbocycles. The molecule has 0 bridgehead atoms. The van der Waals surface area contributed by atoms with E-state index in [-0.39, 0.29) is 0 Å². The number of para-hydroxylation sites is 3. The van der Waals surface area contributed by atoms with E-state index in [2.05, 4.69) is 10.3 Å². The second kappa shape index (κ2) is 5.14. The van der Waals surface area contributed by atoms with Gasteiger partial charge in [0.05, 0.1) is 11.0 Å². The van der Waals surface area contributed by atoms with Gasteiger partial charge in [0.15, 0.2) is 0 Å². The molecule has 0 atom stereocenters. The lowest BCUT2D eigenvalue weighted by molar-refractivity contribution is -0.118. The molecule has 0 radical (unpaired) electrons.